The number of hydrogen-bond donors (Lipinski definition) is 1. The highest BCUT2D eigenvalue weighted by Gasteiger charge is 2.48. The Morgan fingerprint density at radius 1 is 1.26 bits per heavy atom. The molecule has 1 saturated carbocycles. The molecule has 0 radical (unpaired) electrons. The molecule has 0 aromatic heterocycles. The van der Waals surface area contributed by atoms with Crippen molar-refractivity contribution in [1.29, 1.82) is 0 Å². The summed E-state index contributed by atoms with van der Waals surface area (Å²) >= 11 is 0. The summed E-state index contributed by atoms with van der Waals surface area (Å²) in [7, 11) is -5.56. The van der Waals surface area contributed by atoms with E-state index in [-0.39, 0.29) is 5.69 Å². The number of anilines is 1. The zero-order valence-electron chi connectivity index (χ0n) is 9.67. The molecular weight excluding hydrogens is 286 g/mol. The van der Waals surface area contributed by atoms with Gasteiger partial charge in [0.1, 0.15) is 10.7 Å². The molecule has 1 N–H and O–H groups in total. The molecule has 2 rings (SSSR count). The average molecular weight is 297 g/mol. The molecule has 1 aliphatic carbocycles. The third-order valence-electron chi connectivity index (χ3n) is 2.82. The minimum Gasteiger partial charge on any atom is -0.384 e. The van der Waals surface area contributed by atoms with Gasteiger partial charge in [-0.1, -0.05) is 0 Å². The molecule has 0 aliphatic heterocycles. The topological polar surface area (TPSA) is 46.2 Å². The van der Waals surface area contributed by atoms with E-state index in [4.69, 9.17) is 0 Å². The zero-order valence-corrected chi connectivity index (χ0v) is 10.5. The number of hydrogen-bond acceptors (Lipinski definition) is 3. The van der Waals surface area contributed by atoms with E-state index in [1.54, 1.807) is 0 Å². The third-order valence-corrected chi connectivity index (χ3v) is 4.34. The van der Waals surface area contributed by atoms with Crippen LogP contribution in [0, 0.1) is 11.7 Å². The fraction of sp³-hybridized carbons (Fsp3) is 0.455. The highest BCUT2D eigenvalue weighted by Crippen LogP contribution is 2.36. The SMILES string of the molecule is O=S(=O)(c1cc(F)ccc1NCC1CC1)C(F)(F)F. The van der Waals surface area contributed by atoms with E-state index in [0.29, 0.717) is 18.5 Å². The molecule has 1 aliphatic rings. The number of rotatable bonds is 4. The standard InChI is InChI=1S/C11H11F4NO2S/c12-8-3-4-9(16-6-7-1-2-7)10(5-8)19(17,18)11(13,14)15/h3-5,7,16H,1-2,6H2. The summed E-state index contributed by atoms with van der Waals surface area (Å²) < 4.78 is 73.2. The van der Waals surface area contributed by atoms with Gasteiger partial charge in [0.2, 0.25) is 0 Å². The maximum Gasteiger partial charge on any atom is 0.501 e. The van der Waals surface area contributed by atoms with E-state index in [9.17, 15) is 26.0 Å². The van der Waals surface area contributed by atoms with Crippen molar-refractivity contribution in [2.24, 2.45) is 5.92 Å². The van der Waals surface area contributed by atoms with Gasteiger partial charge in [-0.05, 0) is 37.0 Å². The molecule has 1 fully saturated rings. The van der Waals surface area contributed by atoms with Crippen LogP contribution in [0.5, 0.6) is 0 Å². The van der Waals surface area contributed by atoms with Gasteiger partial charge in [0, 0.05) is 6.54 Å². The lowest BCUT2D eigenvalue weighted by atomic mass is 10.3. The van der Waals surface area contributed by atoms with E-state index >= 15 is 0 Å². The lowest BCUT2D eigenvalue weighted by Crippen LogP contribution is -2.24. The molecule has 1 aromatic carbocycles. The van der Waals surface area contributed by atoms with Crippen molar-refractivity contribution in [3.63, 3.8) is 0 Å². The molecule has 0 saturated heterocycles. The van der Waals surface area contributed by atoms with Crippen molar-refractivity contribution in [3.8, 4) is 0 Å². The molecule has 1 aromatic rings. The Labute approximate surface area is 107 Å². The highest BCUT2D eigenvalue weighted by molar-refractivity contribution is 7.92. The molecule has 0 heterocycles. The van der Waals surface area contributed by atoms with Crippen LogP contribution in [-0.2, 0) is 9.84 Å². The van der Waals surface area contributed by atoms with Crippen LogP contribution < -0.4 is 5.32 Å². The maximum absolute atomic E-state index is 13.0. The Morgan fingerprint density at radius 3 is 2.42 bits per heavy atom. The summed E-state index contributed by atoms with van der Waals surface area (Å²) in [6.45, 7) is 0.381. The first-order chi connectivity index (χ1) is 8.72. The van der Waals surface area contributed by atoms with Crippen molar-refractivity contribution in [2.75, 3.05) is 11.9 Å². The van der Waals surface area contributed by atoms with Crippen LogP contribution in [0.1, 0.15) is 12.8 Å². The second-order valence-electron chi connectivity index (χ2n) is 4.41. The van der Waals surface area contributed by atoms with Crippen molar-refractivity contribution >= 4 is 15.5 Å². The van der Waals surface area contributed by atoms with Crippen molar-refractivity contribution in [2.45, 2.75) is 23.2 Å². The minimum absolute atomic E-state index is 0.217. The smallest absolute Gasteiger partial charge is 0.384 e. The highest BCUT2D eigenvalue weighted by atomic mass is 32.2. The monoisotopic (exact) mass is 297 g/mol. The van der Waals surface area contributed by atoms with Crippen LogP contribution in [0.4, 0.5) is 23.2 Å². The van der Waals surface area contributed by atoms with Gasteiger partial charge in [-0.25, -0.2) is 12.8 Å². The maximum atomic E-state index is 13.0. The first-order valence-corrected chi connectivity index (χ1v) is 7.05. The molecule has 3 nitrogen and oxygen atoms in total. The van der Waals surface area contributed by atoms with E-state index in [1.165, 1.54) is 0 Å². The molecule has 0 spiro atoms. The Hall–Kier alpha value is -1.31. The second-order valence-corrected chi connectivity index (χ2v) is 6.32. The number of nitrogens with one attached hydrogen (secondary N) is 1. The van der Waals surface area contributed by atoms with Gasteiger partial charge in [-0.3, -0.25) is 0 Å². The van der Waals surface area contributed by atoms with Crippen LogP contribution in [0.25, 0.3) is 0 Å². The molecule has 0 unspecified atom stereocenters. The van der Waals surface area contributed by atoms with E-state index in [0.717, 1.165) is 25.0 Å². The molecule has 19 heavy (non-hydrogen) atoms. The average Bonchev–Trinajstić information content (AvgIpc) is 3.09. The number of alkyl halides is 3. The van der Waals surface area contributed by atoms with E-state index < -0.39 is 26.1 Å². The number of benzene rings is 1. The van der Waals surface area contributed by atoms with Crippen LogP contribution in [-0.4, -0.2) is 20.5 Å². The predicted molar refractivity (Wildman–Crippen MR) is 60.9 cm³/mol. The first-order valence-electron chi connectivity index (χ1n) is 5.56. The Morgan fingerprint density at radius 2 is 1.89 bits per heavy atom. The van der Waals surface area contributed by atoms with Gasteiger partial charge < -0.3 is 5.32 Å². The van der Waals surface area contributed by atoms with Crippen LogP contribution in [0.2, 0.25) is 0 Å². The summed E-state index contributed by atoms with van der Waals surface area (Å²) in [5.41, 5.74) is -5.66. The zero-order chi connectivity index (χ0) is 14.3. The van der Waals surface area contributed by atoms with Gasteiger partial charge >= 0.3 is 5.51 Å². The summed E-state index contributed by atoms with van der Waals surface area (Å²) in [5, 5.41) is 2.63. The molecule has 0 bridgehead atoms. The Balaban J connectivity index is 2.39. The molecular formula is C11H11F4NO2S. The molecule has 106 valence electrons. The van der Waals surface area contributed by atoms with Crippen LogP contribution >= 0.6 is 0 Å². The lowest BCUT2D eigenvalue weighted by Gasteiger charge is -2.14. The summed E-state index contributed by atoms with van der Waals surface area (Å²) in [6, 6.07) is 2.32. The summed E-state index contributed by atoms with van der Waals surface area (Å²) in [5.74, 6) is -0.689. The quantitative estimate of drug-likeness (QED) is 0.869. The van der Waals surface area contributed by atoms with Crippen molar-refractivity contribution in [1.82, 2.24) is 0 Å². The van der Waals surface area contributed by atoms with Gasteiger partial charge in [0.05, 0.1) is 5.69 Å². The van der Waals surface area contributed by atoms with E-state index in [1.807, 2.05) is 0 Å². The Bertz CT molecular complexity index is 579. The summed E-state index contributed by atoms with van der Waals surface area (Å²) in [6.07, 6.45) is 1.91. The van der Waals surface area contributed by atoms with Gasteiger partial charge in [0.15, 0.2) is 0 Å². The van der Waals surface area contributed by atoms with Crippen LogP contribution in [0.15, 0.2) is 23.1 Å². The third kappa shape index (κ3) is 2.99. The molecule has 0 amide bonds. The van der Waals surface area contributed by atoms with Gasteiger partial charge in [-0.15, -0.1) is 0 Å². The second kappa shape index (κ2) is 4.66. The van der Waals surface area contributed by atoms with Crippen molar-refractivity contribution in [3.05, 3.63) is 24.0 Å². The fourth-order valence-corrected chi connectivity index (χ4v) is 2.51. The molecule has 0 atom stereocenters. The number of halogens is 4. The first kappa shape index (κ1) is 14.1. The van der Waals surface area contributed by atoms with Crippen LogP contribution in [0.3, 0.4) is 0 Å². The Kier molecular flexibility index (Phi) is 3.46. The van der Waals surface area contributed by atoms with E-state index in [2.05, 4.69) is 5.32 Å². The normalized spacial score (nSPS) is 16.4. The van der Waals surface area contributed by atoms with Gasteiger partial charge in [0.25, 0.3) is 9.84 Å². The predicted octanol–water partition coefficient (Wildman–Crippen LogP) is 2.94. The minimum atomic E-state index is -5.56. The fourth-order valence-electron chi connectivity index (χ4n) is 1.57. The lowest BCUT2D eigenvalue weighted by molar-refractivity contribution is -0.0435. The summed E-state index contributed by atoms with van der Waals surface area (Å²) in [4.78, 5) is -1.07. The molecule has 8 heteroatoms. The largest absolute Gasteiger partial charge is 0.501 e. The number of sulfone groups is 1. The van der Waals surface area contributed by atoms with Gasteiger partial charge in [-0.2, -0.15) is 13.2 Å². The van der Waals surface area contributed by atoms with Crippen molar-refractivity contribution < 1.29 is 26.0 Å².